The van der Waals surface area contributed by atoms with Gasteiger partial charge in [0, 0.05) is 5.56 Å². The van der Waals surface area contributed by atoms with E-state index in [1.807, 2.05) is 18.2 Å². The third-order valence-corrected chi connectivity index (χ3v) is 2.31. The molecule has 1 rings (SSSR count). The summed E-state index contributed by atoms with van der Waals surface area (Å²) in [6.45, 7) is 2.07. The first-order chi connectivity index (χ1) is 6.04. The molecule has 0 atom stereocenters. The van der Waals surface area contributed by atoms with Crippen molar-refractivity contribution in [3.63, 3.8) is 0 Å². The van der Waals surface area contributed by atoms with E-state index < -0.39 is 3.79 Å². The molecule has 0 saturated heterocycles. The highest BCUT2D eigenvalue weighted by Gasteiger charge is 2.22. The van der Waals surface area contributed by atoms with Crippen molar-refractivity contribution in [3.05, 3.63) is 41.8 Å². The molecule has 0 aliphatic carbocycles. The molecule has 0 bridgehead atoms. The Kier molecular flexibility index (Phi) is 3.90. The summed E-state index contributed by atoms with van der Waals surface area (Å²) in [5.41, 5.74) is 1.80. The zero-order valence-corrected chi connectivity index (χ0v) is 9.50. The van der Waals surface area contributed by atoms with Crippen LogP contribution >= 0.6 is 34.8 Å². The lowest BCUT2D eigenvalue weighted by molar-refractivity contribution is 1.11. The van der Waals surface area contributed by atoms with Crippen LogP contribution in [0.5, 0.6) is 0 Å². The van der Waals surface area contributed by atoms with Crippen molar-refractivity contribution in [2.45, 2.75) is 17.1 Å². The second-order valence-electron chi connectivity index (χ2n) is 2.74. The normalized spacial score (nSPS) is 11.7. The molecule has 0 spiro atoms. The first kappa shape index (κ1) is 11.2. The minimum atomic E-state index is -1.32. The standard InChI is InChI=1S/C10H10Cl3/c1-2-4-8-5-3-6-9(7-8)10(11,12)13/h3-7H,2H2,1H3. The van der Waals surface area contributed by atoms with Gasteiger partial charge in [-0.15, -0.1) is 0 Å². The quantitative estimate of drug-likeness (QED) is 0.665. The molecule has 1 aromatic rings. The van der Waals surface area contributed by atoms with Crippen molar-refractivity contribution in [1.82, 2.24) is 0 Å². The predicted molar refractivity (Wildman–Crippen MR) is 59.4 cm³/mol. The van der Waals surface area contributed by atoms with Crippen LogP contribution in [0.3, 0.4) is 0 Å². The van der Waals surface area contributed by atoms with Gasteiger partial charge in [-0.25, -0.2) is 0 Å². The first-order valence-corrected chi connectivity index (χ1v) is 5.18. The third-order valence-electron chi connectivity index (χ3n) is 1.65. The minimum Gasteiger partial charge on any atom is -0.0784 e. The average Bonchev–Trinajstić information content (AvgIpc) is 2.04. The Hall–Kier alpha value is 0.0900. The van der Waals surface area contributed by atoms with E-state index in [4.69, 9.17) is 34.8 Å². The Morgan fingerprint density at radius 1 is 1.31 bits per heavy atom. The zero-order chi connectivity index (χ0) is 9.90. The molecule has 0 fully saturated rings. The molecule has 0 saturated carbocycles. The Morgan fingerprint density at radius 3 is 2.54 bits per heavy atom. The lowest BCUT2D eigenvalue weighted by atomic mass is 10.1. The van der Waals surface area contributed by atoms with Gasteiger partial charge in [0.25, 0.3) is 0 Å². The fraction of sp³-hybridized carbons (Fsp3) is 0.300. The van der Waals surface area contributed by atoms with Crippen LogP contribution in [0, 0.1) is 6.42 Å². The van der Waals surface area contributed by atoms with Crippen molar-refractivity contribution in [2.75, 3.05) is 0 Å². The van der Waals surface area contributed by atoms with E-state index in [9.17, 15) is 0 Å². The maximum Gasteiger partial charge on any atom is 0.216 e. The minimum absolute atomic E-state index is 0.708. The van der Waals surface area contributed by atoms with Crippen LogP contribution in [-0.4, -0.2) is 0 Å². The van der Waals surface area contributed by atoms with Crippen molar-refractivity contribution < 1.29 is 0 Å². The van der Waals surface area contributed by atoms with E-state index in [1.165, 1.54) is 0 Å². The third kappa shape index (κ3) is 3.38. The first-order valence-electron chi connectivity index (χ1n) is 4.04. The van der Waals surface area contributed by atoms with Gasteiger partial charge in [-0.2, -0.15) is 0 Å². The van der Waals surface area contributed by atoms with Crippen molar-refractivity contribution in [3.8, 4) is 0 Å². The second kappa shape index (κ2) is 4.54. The number of halogens is 3. The van der Waals surface area contributed by atoms with E-state index in [0.29, 0.717) is 5.56 Å². The number of alkyl halides is 3. The molecule has 3 heteroatoms. The Bertz CT molecular complexity index is 276. The van der Waals surface area contributed by atoms with Gasteiger partial charge in [0.15, 0.2) is 0 Å². The van der Waals surface area contributed by atoms with Crippen LogP contribution in [0.2, 0.25) is 0 Å². The number of rotatable bonds is 2. The fourth-order valence-electron chi connectivity index (χ4n) is 1.08. The van der Waals surface area contributed by atoms with Gasteiger partial charge in [-0.3, -0.25) is 0 Å². The molecule has 0 amide bonds. The molecule has 13 heavy (non-hydrogen) atoms. The molecule has 0 aliphatic rings. The molecule has 0 nitrogen and oxygen atoms in total. The van der Waals surface area contributed by atoms with Gasteiger partial charge < -0.3 is 0 Å². The van der Waals surface area contributed by atoms with Crippen LogP contribution in [0.1, 0.15) is 24.5 Å². The van der Waals surface area contributed by atoms with Crippen LogP contribution in [0.25, 0.3) is 0 Å². The van der Waals surface area contributed by atoms with E-state index in [2.05, 4.69) is 13.3 Å². The van der Waals surface area contributed by atoms with Gasteiger partial charge in [-0.1, -0.05) is 66.0 Å². The molecular weight excluding hydrogens is 226 g/mol. The van der Waals surface area contributed by atoms with E-state index >= 15 is 0 Å². The SMILES string of the molecule is CC[CH]c1cccc(C(Cl)(Cl)Cl)c1. The van der Waals surface area contributed by atoms with E-state index in [-0.39, 0.29) is 0 Å². The zero-order valence-electron chi connectivity index (χ0n) is 7.23. The van der Waals surface area contributed by atoms with E-state index in [1.54, 1.807) is 6.07 Å². The summed E-state index contributed by atoms with van der Waals surface area (Å²) in [5.74, 6) is 0. The summed E-state index contributed by atoms with van der Waals surface area (Å²) < 4.78 is -1.32. The van der Waals surface area contributed by atoms with Gasteiger partial charge in [-0.05, 0) is 18.4 Å². The molecule has 0 aromatic heterocycles. The number of hydrogen-bond donors (Lipinski definition) is 0. The van der Waals surface area contributed by atoms with Gasteiger partial charge >= 0.3 is 0 Å². The topological polar surface area (TPSA) is 0 Å². The van der Waals surface area contributed by atoms with E-state index in [0.717, 1.165) is 12.0 Å². The highest BCUT2D eigenvalue weighted by atomic mass is 35.6. The molecule has 1 aromatic carbocycles. The second-order valence-corrected chi connectivity index (χ2v) is 5.02. The molecule has 0 heterocycles. The molecular formula is C10H10Cl3. The Labute approximate surface area is 93.8 Å². The lowest BCUT2D eigenvalue weighted by Crippen LogP contribution is -2.00. The smallest absolute Gasteiger partial charge is 0.0784 e. The largest absolute Gasteiger partial charge is 0.216 e. The maximum atomic E-state index is 5.75. The molecule has 71 valence electrons. The van der Waals surface area contributed by atoms with Crippen LogP contribution < -0.4 is 0 Å². The summed E-state index contributed by atoms with van der Waals surface area (Å²) in [4.78, 5) is 0. The molecule has 0 aliphatic heterocycles. The Morgan fingerprint density at radius 2 is 2.00 bits per heavy atom. The maximum absolute atomic E-state index is 5.75. The summed E-state index contributed by atoms with van der Waals surface area (Å²) in [7, 11) is 0. The summed E-state index contributed by atoms with van der Waals surface area (Å²) in [5, 5.41) is 0. The Balaban J connectivity index is 2.92. The predicted octanol–water partition coefficient (Wildman–Crippen LogP) is 4.48. The summed E-state index contributed by atoms with van der Waals surface area (Å²) in [6.07, 6.45) is 3.06. The van der Waals surface area contributed by atoms with Crippen molar-refractivity contribution >= 4 is 34.8 Å². The number of hydrogen-bond acceptors (Lipinski definition) is 0. The highest BCUT2D eigenvalue weighted by molar-refractivity contribution is 6.66. The van der Waals surface area contributed by atoms with Crippen molar-refractivity contribution in [2.24, 2.45) is 0 Å². The van der Waals surface area contributed by atoms with Crippen LogP contribution in [-0.2, 0) is 3.79 Å². The summed E-state index contributed by atoms with van der Waals surface area (Å²) >= 11 is 17.2. The van der Waals surface area contributed by atoms with Crippen LogP contribution in [0.15, 0.2) is 24.3 Å². The molecule has 0 unspecified atom stereocenters. The van der Waals surface area contributed by atoms with Crippen LogP contribution in [0.4, 0.5) is 0 Å². The lowest BCUT2D eigenvalue weighted by Gasteiger charge is -2.11. The number of benzene rings is 1. The van der Waals surface area contributed by atoms with Gasteiger partial charge in [0.2, 0.25) is 3.79 Å². The summed E-state index contributed by atoms with van der Waals surface area (Å²) in [6, 6.07) is 7.57. The van der Waals surface area contributed by atoms with Gasteiger partial charge in [0.1, 0.15) is 0 Å². The van der Waals surface area contributed by atoms with Gasteiger partial charge in [0.05, 0.1) is 0 Å². The molecule has 1 radical (unpaired) electrons. The highest BCUT2D eigenvalue weighted by Crippen LogP contribution is 2.38. The van der Waals surface area contributed by atoms with Crippen molar-refractivity contribution in [1.29, 1.82) is 0 Å². The average molecular weight is 237 g/mol. The fourth-order valence-corrected chi connectivity index (χ4v) is 1.43. The monoisotopic (exact) mass is 235 g/mol. The molecule has 0 N–H and O–H groups in total.